The Morgan fingerprint density at radius 2 is 0.950 bits per heavy atom. The molecule has 5 aromatic carbocycles. The molecule has 4 nitrogen and oxygen atoms in total. The lowest BCUT2D eigenvalue weighted by Gasteiger charge is -2.42. The molecule has 1 N–H and O–H groups in total. The summed E-state index contributed by atoms with van der Waals surface area (Å²) in [4.78, 5) is 7.36. The van der Waals surface area contributed by atoms with Crippen LogP contribution in [0.4, 0.5) is 39.8 Å². The van der Waals surface area contributed by atoms with Gasteiger partial charge in [0.05, 0.1) is 11.4 Å². The highest BCUT2D eigenvalue weighted by molar-refractivity contribution is 5.92. The van der Waals surface area contributed by atoms with Gasteiger partial charge in [-0.1, -0.05) is 60.7 Å². The minimum absolute atomic E-state index is 0.266. The van der Waals surface area contributed by atoms with Crippen molar-refractivity contribution in [3.63, 3.8) is 0 Å². The Balaban J connectivity index is 1.54. The second kappa shape index (κ2) is 10.5. The minimum Gasteiger partial charge on any atom is -0.508 e. The van der Waals surface area contributed by atoms with Gasteiger partial charge in [-0.3, -0.25) is 0 Å². The minimum atomic E-state index is 0.266. The smallest absolute Gasteiger partial charge is 0.117 e. The van der Waals surface area contributed by atoms with Gasteiger partial charge in [0.1, 0.15) is 5.75 Å². The lowest BCUT2D eigenvalue weighted by molar-refractivity contribution is 0.475. The molecule has 0 saturated carbocycles. The van der Waals surface area contributed by atoms with E-state index in [-0.39, 0.29) is 5.75 Å². The molecule has 0 aliphatic carbocycles. The molecule has 7 rings (SSSR count). The number of rotatable bonds is 6. The number of aromatic hydroxyl groups is 1. The van der Waals surface area contributed by atoms with Crippen LogP contribution in [-0.2, 0) is 12.8 Å². The Morgan fingerprint density at radius 1 is 0.500 bits per heavy atom. The number of phenols is 1. The highest BCUT2D eigenvalue weighted by atomic mass is 16.3. The van der Waals surface area contributed by atoms with Crippen molar-refractivity contribution in [2.24, 2.45) is 0 Å². The molecule has 2 aliphatic heterocycles. The summed E-state index contributed by atoms with van der Waals surface area (Å²) >= 11 is 0. The third-order valence-electron chi connectivity index (χ3n) is 8.10. The summed E-state index contributed by atoms with van der Waals surface area (Å²) in [7, 11) is 0. The van der Waals surface area contributed by atoms with Crippen LogP contribution in [0.15, 0.2) is 121 Å². The summed E-state index contributed by atoms with van der Waals surface area (Å²) in [5.41, 5.74) is 11.0. The highest BCUT2D eigenvalue weighted by Crippen LogP contribution is 2.51. The Morgan fingerprint density at radius 3 is 1.43 bits per heavy atom. The lowest BCUT2D eigenvalue weighted by Crippen LogP contribution is -2.36. The summed E-state index contributed by atoms with van der Waals surface area (Å²) in [6.45, 7) is 2.19. The molecule has 0 atom stereocenters. The Bertz CT molecular complexity index is 1580. The first-order valence-electron chi connectivity index (χ1n) is 14.3. The number of hydrogen-bond acceptors (Lipinski definition) is 4. The fraction of sp³-hybridized carbons (Fsp3) is 0.167. The third-order valence-corrected chi connectivity index (χ3v) is 8.10. The molecule has 0 radical (unpaired) electrons. The second-order valence-electron chi connectivity index (χ2n) is 10.6. The van der Waals surface area contributed by atoms with Gasteiger partial charge in [-0.25, -0.2) is 0 Å². The van der Waals surface area contributed by atoms with E-state index in [9.17, 15) is 5.11 Å². The van der Waals surface area contributed by atoms with Crippen LogP contribution in [0.5, 0.6) is 5.75 Å². The van der Waals surface area contributed by atoms with E-state index in [1.54, 1.807) is 6.07 Å². The van der Waals surface area contributed by atoms with Crippen molar-refractivity contribution in [1.82, 2.24) is 0 Å². The van der Waals surface area contributed by atoms with Crippen molar-refractivity contribution in [3.8, 4) is 5.75 Å². The van der Waals surface area contributed by atoms with Crippen molar-refractivity contribution in [3.05, 3.63) is 132 Å². The van der Waals surface area contributed by atoms with Crippen LogP contribution in [0, 0.1) is 0 Å². The van der Waals surface area contributed by atoms with Gasteiger partial charge in [-0.15, -0.1) is 0 Å². The molecule has 0 bridgehead atoms. The van der Waals surface area contributed by atoms with E-state index in [0.717, 1.165) is 61.5 Å². The standard InChI is InChI=1S/C36H33N3O/c40-31-20-10-19-30(25-31)39(29-17-8-3-9-18-29)35-26-34(32-21-11-23-37-24-12-22-33(35)36(32)37)38(27-13-4-1-5-14-27)28-15-6-2-7-16-28/h1-10,13-20,25-26,40H,11-12,21-24H2. The topological polar surface area (TPSA) is 30.0 Å². The number of nitrogens with zero attached hydrogens (tertiary/aromatic N) is 3. The number of anilines is 7. The predicted molar refractivity (Wildman–Crippen MR) is 166 cm³/mol. The molecule has 0 unspecified atom stereocenters. The largest absolute Gasteiger partial charge is 0.508 e. The normalized spacial score (nSPS) is 13.9. The van der Waals surface area contributed by atoms with Crippen LogP contribution >= 0.6 is 0 Å². The van der Waals surface area contributed by atoms with Crippen LogP contribution in [0.2, 0.25) is 0 Å². The van der Waals surface area contributed by atoms with Gasteiger partial charge in [0.2, 0.25) is 0 Å². The highest BCUT2D eigenvalue weighted by Gasteiger charge is 2.32. The second-order valence-corrected chi connectivity index (χ2v) is 10.6. The Hall–Kier alpha value is -4.70. The van der Waals surface area contributed by atoms with Crippen LogP contribution < -0.4 is 14.7 Å². The van der Waals surface area contributed by atoms with E-state index in [0.29, 0.717) is 0 Å². The summed E-state index contributed by atoms with van der Waals surface area (Å²) < 4.78 is 0. The van der Waals surface area contributed by atoms with Gasteiger partial charge in [0.25, 0.3) is 0 Å². The number of phenolic OH excluding ortho intramolecular Hbond substituents is 1. The average molecular weight is 524 g/mol. The van der Waals surface area contributed by atoms with Crippen LogP contribution in [0.3, 0.4) is 0 Å². The molecule has 2 heterocycles. The summed E-state index contributed by atoms with van der Waals surface area (Å²) in [5, 5.41) is 10.5. The molecule has 2 aliphatic rings. The zero-order chi connectivity index (χ0) is 26.9. The van der Waals surface area contributed by atoms with Gasteiger partial charge < -0.3 is 19.8 Å². The monoisotopic (exact) mass is 523 g/mol. The quantitative estimate of drug-likeness (QED) is 0.240. The van der Waals surface area contributed by atoms with E-state index >= 15 is 0 Å². The fourth-order valence-corrected chi connectivity index (χ4v) is 6.45. The van der Waals surface area contributed by atoms with Crippen molar-refractivity contribution >= 4 is 39.8 Å². The number of hydrogen-bond donors (Lipinski definition) is 1. The summed E-state index contributed by atoms with van der Waals surface area (Å²) in [6, 6.07) is 42.0. The van der Waals surface area contributed by atoms with Gasteiger partial charge in [0, 0.05) is 58.7 Å². The molecule has 5 aromatic rings. The Kier molecular flexibility index (Phi) is 6.37. The predicted octanol–water partition coefficient (Wildman–Crippen LogP) is 9.03. The Labute approximate surface area is 236 Å². The van der Waals surface area contributed by atoms with Crippen molar-refractivity contribution in [1.29, 1.82) is 0 Å². The zero-order valence-electron chi connectivity index (χ0n) is 22.6. The van der Waals surface area contributed by atoms with E-state index in [1.807, 2.05) is 12.1 Å². The maximum atomic E-state index is 10.5. The lowest BCUT2D eigenvalue weighted by atomic mass is 9.88. The summed E-state index contributed by atoms with van der Waals surface area (Å²) in [5.74, 6) is 0.266. The maximum Gasteiger partial charge on any atom is 0.117 e. The molecule has 0 fully saturated rings. The zero-order valence-corrected chi connectivity index (χ0v) is 22.6. The van der Waals surface area contributed by atoms with Crippen LogP contribution in [0.1, 0.15) is 24.0 Å². The molecule has 0 aromatic heterocycles. The van der Waals surface area contributed by atoms with Gasteiger partial charge >= 0.3 is 0 Å². The molecule has 40 heavy (non-hydrogen) atoms. The fourth-order valence-electron chi connectivity index (χ4n) is 6.45. The van der Waals surface area contributed by atoms with Gasteiger partial charge in [0.15, 0.2) is 0 Å². The van der Waals surface area contributed by atoms with Gasteiger partial charge in [-0.05, 0) is 80.3 Å². The maximum absolute atomic E-state index is 10.5. The molecule has 0 saturated heterocycles. The van der Waals surface area contributed by atoms with Crippen LogP contribution in [0.25, 0.3) is 0 Å². The van der Waals surface area contributed by atoms with Gasteiger partial charge in [-0.2, -0.15) is 0 Å². The molecule has 0 spiro atoms. The van der Waals surface area contributed by atoms with E-state index in [2.05, 4.69) is 118 Å². The molecule has 198 valence electrons. The summed E-state index contributed by atoms with van der Waals surface area (Å²) in [6.07, 6.45) is 4.39. The number of para-hydroxylation sites is 3. The molecular weight excluding hydrogens is 490 g/mol. The van der Waals surface area contributed by atoms with E-state index < -0.39 is 0 Å². The van der Waals surface area contributed by atoms with E-state index in [1.165, 1.54) is 28.2 Å². The van der Waals surface area contributed by atoms with Crippen molar-refractivity contribution in [2.45, 2.75) is 25.7 Å². The van der Waals surface area contributed by atoms with Crippen molar-refractivity contribution in [2.75, 3.05) is 27.8 Å². The molecule has 0 amide bonds. The third kappa shape index (κ3) is 4.36. The first-order valence-corrected chi connectivity index (χ1v) is 14.3. The average Bonchev–Trinajstić information content (AvgIpc) is 3.01. The first kappa shape index (κ1) is 24.3. The molecular formula is C36H33N3O. The van der Waals surface area contributed by atoms with E-state index in [4.69, 9.17) is 0 Å². The first-order chi connectivity index (χ1) is 19.8. The SMILES string of the molecule is Oc1cccc(N(c2ccccc2)c2cc(N(c3ccccc3)c3ccccc3)c3c4c2CCCN4CCC3)c1. The molecule has 4 heteroatoms. The number of benzene rings is 5. The van der Waals surface area contributed by atoms with Crippen LogP contribution in [-0.4, -0.2) is 18.2 Å². The van der Waals surface area contributed by atoms with Crippen molar-refractivity contribution < 1.29 is 5.11 Å².